The van der Waals surface area contributed by atoms with Gasteiger partial charge in [-0.15, -0.1) is 11.6 Å². The molecule has 0 spiro atoms. The molecule has 0 aliphatic heterocycles. The van der Waals surface area contributed by atoms with E-state index >= 15 is 0 Å². The van der Waals surface area contributed by atoms with Gasteiger partial charge in [-0.25, -0.2) is 4.98 Å². The molecule has 11 heavy (non-hydrogen) atoms. The quantitative estimate of drug-likeness (QED) is 0.697. The predicted molar refractivity (Wildman–Crippen MR) is 42.3 cm³/mol. The maximum absolute atomic E-state index is 8.41. The second-order valence-corrected chi connectivity index (χ2v) is 2.54. The molecule has 0 fully saturated rings. The number of hydrogen-bond acceptors (Lipinski definition) is 2. The lowest BCUT2D eigenvalue weighted by Crippen LogP contribution is -1.85. The molecule has 58 valence electrons. The summed E-state index contributed by atoms with van der Waals surface area (Å²) in [4.78, 5) is 6.69. The van der Waals surface area contributed by atoms with E-state index in [0.717, 1.165) is 18.5 Å². The highest BCUT2D eigenvalue weighted by Gasteiger charge is 1.97. The summed E-state index contributed by atoms with van der Waals surface area (Å²) in [7, 11) is 0. The maximum Gasteiger partial charge on any atom is 0.210 e. The number of aromatic amines is 1. The van der Waals surface area contributed by atoms with Crippen LogP contribution >= 0.6 is 11.6 Å². The Kier molecular flexibility index (Phi) is 2.94. The molecule has 1 heterocycles. The van der Waals surface area contributed by atoms with Crippen LogP contribution in [0.2, 0.25) is 0 Å². The van der Waals surface area contributed by atoms with Gasteiger partial charge >= 0.3 is 0 Å². The highest BCUT2D eigenvalue weighted by molar-refractivity contribution is 6.17. The molecule has 0 aliphatic carbocycles. The van der Waals surface area contributed by atoms with Crippen LogP contribution in [0.5, 0.6) is 0 Å². The molecule has 4 heteroatoms. The molecule has 0 unspecified atom stereocenters. The number of aromatic nitrogens is 2. The van der Waals surface area contributed by atoms with Crippen molar-refractivity contribution in [2.75, 3.05) is 5.88 Å². The summed E-state index contributed by atoms with van der Waals surface area (Å²) < 4.78 is 0. The van der Waals surface area contributed by atoms with E-state index in [2.05, 4.69) is 9.97 Å². The second-order valence-electron chi connectivity index (χ2n) is 2.16. The zero-order valence-electron chi connectivity index (χ0n) is 5.97. The average Bonchev–Trinajstić information content (AvgIpc) is 2.48. The van der Waals surface area contributed by atoms with Crippen molar-refractivity contribution in [1.29, 1.82) is 5.26 Å². The van der Waals surface area contributed by atoms with Crippen LogP contribution in [0.3, 0.4) is 0 Å². The van der Waals surface area contributed by atoms with Crippen molar-refractivity contribution in [2.24, 2.45) is 0 Å². The summed E-state index contributed by atoms with van der Waals surface area (Å²) in [6, 6.07) is 1.92. The number of alkyl halides is 1. The molecule has 0 amide bonds. The van der Waals surface area contributed by atoms with Crippen LogP contribution in [-0.2, 0) is 6.42 Å². The predicted octanol–water partition coefficient (Wildman–Crippen LogP) is 1.45. The number of imidazole rings is 1. The van der Waals surface area contributed by atoms with Gasteiger partial charge in [0.25, 0.3) is 0 Å². The zero-order chi connectivity index (χ0) is 8.10. The van der Waals surface area contributed by atoms with Gasteiger partial charge in [-0.1, -0.05) is 0 Å². The fourth-order valence-electron chi connectivity index (χ4n) is 0.800. The number of nitrogens with zero attached hydrogens (tertiary/aromatic N) is 2. The van der Waals surface area contributed by atoms with E-state index in [1.54, 1.807) is 6.20 Å². The summed E-state index contributed by atoms with van der Waals surface area (Å²) in [6.07, 6.45) is 3.44. The van der Waals surface area contributed by atoms with E-state index in [1.165, 1.54) is 0 Å². The van der Waals surface area contributed by atoms with Crippen LogP contribution in [0.15, 0.2) is 6.20 Å². The highest BCUT2D eigenvalue weighted by Crippen LogP contribution is 2.00. The van der Waals surface area contributed by atoms with Crippen LogP contribution in [-0.4, -0.2) is 15.8 Å². The first-order valence-electron chi connectivity index (χ1n) is 3.36. The van der Waals surface area contributed by atoms with Crippen LogP contribution in [0, 0.1) is 11.3 Å². The lowest BCUT2D eigenvalue weighted by molar-refractivity contribution is 0.896. The molecule has 0 saturated carbocycles. The molecule has 1 aromatic rings. The van der Waals surface area contributed by atoms with Gasteiger partial charge in [-0.3, -0.25) is 0 Å². The van der Waals surface area contributed by atoms with Crippen molar-refractivity contribution in [3.63, 3.8) is 0 Å². The first kappa shape index (κ1) is 8.09. The van der Waals surface area contributed by atoms with Crippen LogP contribution < -0.4 is 0 Å². The molecule has 1 aromatic heterocycles. The number of halogens is 1. The fourth-order valence-corrected chi connectivity index (χ4v) is 0.934. The van der Waals surface area contributed by atoms with Crippen molar-refractivity contribution >= 4 is 11.6 Å². The molecule has 3 nitrogen and oxygen atoms in total. The summed E-state index contributed by atoms with van der Waals surface area (Å²) in [5.74, 6) is 1.01. The van der Waals surface area contributed by atoms with Gasteiger partial charge < -0.3 is 4.98 Å². The van der Waals surface area contributed by atoms with E-state index in [4.69, 9.17) is 16.9 Å². The van der Waals surface area contributed by atoms with Gasteiger partial charge in [0.1, 0.15) is 6.07 Å². The number of H-pyrrole nitrogens is 1. The van der Waals surface area contributed by atoms with E-state index < -0.39 is 0 Å². The number of nitriles is 1. The minimum absolute atomic E-state index is 0.370. The SMILES string of the molecule is N#Cc1ncc(CCCCl)[nH]1. The Morgan fingerprint density at radius 3 is 3.09 bits per heavy atom. The zero-order valence-corrected chi connectivity index (χ0v) is 6.73. The van der Waals surface area contributed by atoms with Gasteiger partial charge in [-0.05, 0) is 12.8 Å². The molecule has 0 radical (unpaired) electrons. The summed E-state index contributed by atoms with van der Waals surface area (Å²) in [5.41, 5.74) is 0.974. The monoisotopic (exact) mass is 169 g/mol. The third kappa shape index (κ3) is 2.24. The second kappa shape index (κ2) is 3.99. The summed E-state index contributed by atoms with van der Waals surface area (Å²) >= 11 is 5.49. The Bertz CT molecular complexity index is 261. The van der Waals surface area contributed by atoms with Crippen molar-refractivity contribution in [1.82, 2.24) is 9.97 Å². The van der Waals surface area contributed by atoms with E-state index in [-0.39, 0.29) is 0 Å². The van der Waals surface area contributed by atoms with Crippen molar-refractivity contribution < 1.29 is 0 Å². The first-order valence-corrected chi connectivity index (χ1v) is 3.90. The number of rotatable bonds is 3. The molecule has 0 saturated heterocycles. The van der Waals surface area contributed by atoms with Crippen molar-refractivity contribution in [3.8, 4) is 6.07 Å². The number of aryl methyl sites for hydroxylation is 1. The highest BCUT2D eigenvalue weighted by atomic mass is 35.5. The Balaban J connectivity index is 2.53. The van der Waals surface area contributed by atoms with Gasteiger partial charge in [0.2, 0.25) is 5.82 Å². The lowest BCUT2D eigenvalue weighted by Gasteiger charge is -1.90. The summed E-state index contributed by atoms with van der Waals surface area (Å²) in [5, 5.41) is 8.41. The third-order valence-electron chi connectivity index (χ3n) is 1.31. The number of nitrogens with one attached hydrogen (secondary N) is 1. The molecular formula is C7H8ClN3. The van der Waals surface area contributed by atoms with Crippen molar-refractivity contribution in [2.45, 2.75) is 12.8 Å². The Hall–Kier alpha value is -1.01. The van der Waals surface area contributed by atoms with Crippen LogP contribution in [0.25, 0.3) is 0 Å². The topological polar surface area (TPSA) is 52.5 Å². The molecule has 0 bridgehead atoms. The van der Waals surface area contributed by atoms with Gasteiger partial charge in [0, 0.05) is 17.8 Å². The van der Waals surface area contributed by atoms with Gasteiger partial charge in [0.05, 0.1) is 0 Å². The average molecular weight is 170 g/mol. The van der Waals surface area contributed by atoms with Gasteiger partial charge in [-0.2, -0.15) is 5.26 Å². The maximum atomic E-state index is 8.41. The van der Waals surface area contributed by atoms with E-state index in [0.29, 0.717) is 11.7 Å². The fraction of sp³-hybridized carbons (Fsp3) is 0.429. The van der Waals surface area contributed by atoms with Gasteiger partial charge in [0.15, 0.2) is 0 Å². The standard InChI is InChI=1S/C7H8ClN3/c8-3-1-2-6-5-10-7(4-9)11-6/h5H,1-3H2,(H,10,11). The molecule has 1 rings (SSSR count). The smallest absolute Gasteiger partial charge is 0.210 e. The van der Waals surface area contributed by atoms with Crippen molar-refractivity contribution in [3.05, 3.63) is 17.7 Å². The third-order valence-corrected chi connectivity index (χ3v) is 1.58. The summed E-state index contributed by atoms with van der Waals surface area (Å²) in [6.45, 7) is 0. The van der Waals surface area contributed by atoms with E-state index in [1.807, 2.05) is 6.07 Å². The molecule has 1 N–H and O–H groups in total. The molecule has 0 aromatic carbocycles. The normalized spacial score (nSPS) is 9.45. The Morgan fingerprint density at radius 2 is 2.55 bits per heavy atom. The minimum atomic E-state index is 0.370. The number of hydrogen-bond donors (Lipinski definition) is 1. The molecular weight excluding hydrogens is 162 g/mol. The largest absolute Gasteiger partial charge is 0.333 e. The lowest BCUT2D eigenvalue weighted by atomic mass is 10.3. The van der Waals surface area contributed by atoms with E-state index in [9.17, 15) is 0 Å². The van der Waals surface area contributed by atoms with Crippen LogP contribution in [0.1, 0.15) is 17.9 Å². The Morgan fingerprint density at radius 1 is 1.73 bits per heavy atom. The molecule has 0 atom stereocenters. The van der Waals surface area contributed by atoms with Crippen LogP contribution in [0.4, 0.5) is 0 Å². The molecule has 0 aliphatic rings. The Labute approximate surface area is 70.0 Å². The minimum Gasteiger partial charge on any atom is -0.333 e. The first-order chi connectivity index (χ1) is 5.36.